The summed E-state index contributed by atoms with van der Waals surface area (Å²) in [6.45, 7) is 1.50. The van der Waals surface area contributed by atoms with Gasteiger partial charge in [-0.15, -0.1) is 24.0 Å². The standard InChI is InChI=1S/C19H22F3N5O2.HI/c1-23-18(26-8-6-13-4-5-15-16(11-13)29-12-28-15)27-10-9-25-17-14(19(20,21)22)3-2-7-24-17;/h2-5,7,11H,6,8-10,12H2,1H3,(H,24,25)(H2,23,26,27);1H. The lowest BCUT2D eigenvalue weighted by Crippen LogP contribution is -2.40. The third-order valence-electron chi connectivity index (χ3n) is 4.19. The van der Waals surface area contributed by atoms with Crippen LogP contribution in [-0.4, -0.2) is 44.4 Å². The Balaban J connectivity index is 0.00000320. The summed E-state index contributed by atoms with van der Waals surface area (Å²) in [7, 11) is 1.63. The van der Waals surface area contributed by atoms with Gasteiger partial charge in [0, 0.05) is 32.9 Å². The predicted molar refractivity (Wildman–Crippen MR) is 119 cm³/mol. The van der Waals surface area contributed by atoms with Crippen molar-refractivity contribution < 1.29 is 22.6 Å². The number of aromatic nitrogens is 1. The van der Waals surface area contributed by atoms with Crippen molar-refractivity contribution in [3.8, 4) is 11.5 Å². The zero-order valence-corrected chi connectivity index (χ0v) is 18.6. The number of nitrogens with zero attached hydrogens (tertiary/aromatic N) is 2. The van der Waals surface area contributed by atoms with E-state index in [0.717, 1.165) is 29.5 Å². The lowest BCUT2D eigenvalue weighted by Gasteiger charge is -2.15. The lowest BCUT2D eigenvalue weighted by molar-refractivity contribution is -0.137. The number of fused-ring (bicyclic) bond motifs is 1. The number of aliphatic imine (C=N–C) groups is 1. The number of halogens is 4. The Kier molecular flexibility index (Phi) is 8.81. The van der Waals surface area contributed by atoms with Gasteiger partial charge in [0.15, 0.2) is 17.5 Å². The monoisotopic (exact) mass is 537 g/mol. The van der Waals surface area contributed by atoms with Gasteiger partial charge in [-0.1, -0.05) is 6.07 Å². The van der Waals surface area contributed by atoms with Crippen molar-refractivity contribution in [2.24, 2.45) is 4.99 Å². The topological polar surface area (TPSA) is 79.8 Å². The maximum Gasteiger partial charge on any atom is 0.419 e. The molecule has 0 aliphatic carbocycles. The Bertz CT molecular complexity index is 864. The van der Waals surface area contributed by atoms with E-state index in [4.69, 9.17) is 9.47 Å². The maximum absolute atomic E-state index is 13.0. The van der Waals surface area contributed by atoms with E-state index < -0.39 is 11.7 Å². The second kappa shape index (κ2) is 11.1. The molecule has 0 saturated heterocycles. The zero-order valence-electron chi connectivity index (χ0n) is 16.3. The quantitative estimate of drug-likeness (QED) is 0.218. The second-order valence-electron chi connectivity index (χ2n) is 6.19. The highest BCUT2D eigenvalue weighted by Gasteiger charge is 2.33. The molecule has 1 aromatic carbocycles. The highest BCUT2D eigenvalue weighted by atomic mass is 127. The first-order chi connectivity index (χ1) is 14.0. The van der Waals surface area contributed by atoms with Crippen molar-refractivity contribution >= 4 is 35.8 Å². The smallest absolute Gasteiger partial charge is 0.419 e. The minimum Gasteiger partial charge on any atom is -0.454 e. The van der Waals surface area contributed by atoms with E-state index in [9.17, 15) is 13.2 Å². The van der Waals surface area contributed by atoms with Gasteiger partial charge in [0.05, 0.1) is 5.56 Å². The number of hydrogen-bond donors (Lipinski definition) is 3. The molecule has 0 saturated carbocycles. The van der Waals surface area contributed by atoms with Crippen LogP contribution in [0.2, 0.25) is 0 Å². The number of pyridine rings is 1. The van der Waals surface area contributed by atoms with Gasteiger partial charge in [0.25, 0.3) is 0 Å². The normalized spacial score (nSPS) is 12.9. The second-order valence-corrected chi connectivity index (χ2v) is 6.19. The molecular formula is C19H23F3IN5O2. The molecule has 3 N–H and O–H groups in total. The number of alkyl halides is 3. The van der Waals surface area contributed by atoms with E-state index in [-0.39, 0.29) is 43.1 Å². The number of anilines is 1. The number of ether oxygens (including phenoxy) is 2. The van der Waals surface area contributed by atoms with Gasteiger partial charge in [0.1, 0.15) is 5.82 Å². The van der Waals surface area contributed by atoms with Crippen LogP contribution in [-0.2, 0) is 12.6 Å². The molecule has 0 amide bonds. The fraction of sp³-hybridized carbons (Fsp3) is 0.368. The summed E-state index contributed by atoms with van der Waals surface area (Å²) in [4.78, 5) is 7.87. The molecule has 0 radical (unpaired) electrons. The number of benzene rings is 1. The van der Waals surface area contributed by atoms with Gasteiger partial charge < -0.3 is 25.4 Å². The van der Waals surface area contributed by atoms with Crippen LogP contribution in [0.3, 0.4) is 0 Å². The first kappa shape index (κ1) is 23.8. The van der Waals surface area contributed by atoms with Gasteiger partial charge in [-0.05, 0) is 36.2 Å². The fourth-order valence-corrected chi connectivity index (χ4v) is 2.78. The van der Waals surface area contributed by atoms with Crippen molar-refractivity contribution in [3.63, 3.8) is 0 Å². The van der Waals surface area contributed by atoms with Crippen molar-refractivity contribution in [1.82, 2.24) is 15.6 Å². The Morgan fingerprint density at radius 3 is 2.63 bits per heavy atom. The molecule has 0 fully saturated rings. The minimum absolute atomic E-state index is 0. The molecule has 0 unspecified atom stereocenters. The number of nitrogens with one attached hydrogen (secondary N) is 3. The summed E-state index contributed by atoms with van der Waals surface area (Å²) in [5.74, 6) is 1.86. The van der Waals surface area contributed by atoms with Gasteiger partial charge in [-0.25, -0.2) is 4.98 Å². The van der Waals surface area contributed by atoms with Gasteiger partial charge in [-0.3, -0.25) is 4.99 Å². The highest BCUT2D eigenvalue weighted by Crippen LogP contribution is 2.33. The van der Waals surface area contributed by atoms with Crippen LogP contribution < -0.4 is 25.4 Å². The van der Waals surface area contributed by atoms with Crippen LogP contribution in [0, 0.1) is 0 Å². The summed E-state index contributed by atoms with van der Waals surface area (Å²) in [5, 5.41) is 8.91. The lowest BCUT2D eigenvalue weighted by atomic mass is 10.1. The summed E-state index contributed by atoms with van der Waals surface area (Å²) in [6.07, 6.45) is -2.38. The molecular weight excluding hydrogens is 514 g/mol. The van der Waals surface area contributed by atoms with Crippen molar-refractivity contribution in [2.75, 3.05) is 38.8 Å². The molecule has 2 heterocycles. The molecule has 3 rings (SSSR count). The Labute approximate surface area is 189 Å². The van der Waals surface area contributed by atoms with Crippen molar-refractivity contribution in [1.29, 1.82) is 0 Å². The van der Waals surface area contributed by atoms with E-state index in [0.29, 0.717) is 19.0 Å². The van der Waals surface area contributed by atoms with Crippen LogP contribution in [0.25, 0.3) is 0 Å². The fourth-order valence-electron chi connectivity index (χ4n) is 2.78. The average Bonchev–Trinajstić information content (AvgIpc) is 3.17. The van der Waals surface area contributed by atoms with Crippen LogP contribution in [0.1, 0.15) is 11.1 Å². The van der Waals surface area contributed by atoms with Crippen LogP contribution in [0.4, 0.5) is 19.0 Å². The van der Waals surface area contributed by atoms with E-state index in [1.807, 2.05) is 18.2 Å². The summed E-state index contributed by atoms with van der Waals surface area (Å²) in [5.41, 5.74) is 0.305. The summed E-state index contributed by atoms with van der Waals surface area (Å²) < 4.78 is 49.5. The summed E-state index contributed by atoms with van der Waals surface area (Å²) >= 11 is 0. The first-order valence-electron chi connectivity index (χ1n) is 9.06. The molecule has 1 aliphatic heterocycles. The molecule has 0 atom stereocenters. The number of hydrogen-bond acceptors (Lipinski definition) is 5. The largest absolute Gasteiger partial charge is 0.454 e. The number of guanidine groups is 1. The molecule has 11 heteroatoms. The third-order valence-corrected chi connectivity index (χ3v) is 4.19. The zero-order chi connectivity index (χ0) is 20.7. The Morgan fingerprint density at radius 2 is 1.87 bits per heavy atom. The average molecular weight is 537 g/mol. The molecule has 164 valence electrons. The van der Waals surface area contributed by atoms with Crippen LogP contribution in [0.15, 0.2) is 41.5 Å². The molecule has 7 nitrogen and oxygen atoms in total. The maximum atomic E-state index is 13.0. The molecule has 30 heavy (non-hydrogen) atoms. The predicted octanol–water partition coefficient (Wildman–Crippen LogP) is 3.27. The Hall–Kier alpha value is -2.44. The van der Waals surface area contributed by atoms with E-state index >= 15 is 0 Å². The number of rotatable bonds is 7. The van der Waals surface area contributed by atoms with Crippen molar-refractivity contribution in [3.05, 3.63) is 47.7 Å². The van der Waals surface area contributed by atoms with E-state index in [1.165, 1.54) is 12.3 Å². The Morgan fingerprint density at radius 1 is 1.10 bits per heavy atom. The molecule has 1 aromatic heterocycles. The third kappa shape index (κ3) is 6.54. The van der Waals surface area contributed by atoms with Gasteiger partial charge >= 0.3 is 6.18 Å². The SMILES string of the molecule is CN=C(NCCNc1ncccc1C(F)(F)F)NCCc1ccc2c(c1)OCO2.I. The van der Waals surface area contributed by atoms with Crippen LogP contribution in [0.5, 0.6) is 11.5 Å². The van der Waals surface area contributed by atoms with E-state index in [2.05, 4.69) is 25.9 Å². The highest BCUT2D eigenvalue weighted by molar-refractivity contribution is 14.0. The van der Waals surface area contributed by atoms with E-state index in [1.54, 1.807) is 7.05 Å². The van der Waals surface area contributed by atoms with Gasteiger partial charge in [-0.2, -0.15) is 13.2 Å². The minimum atomic E-state index is -4.45. The molecule has 0 bridgehead atoms. The molecule has 0 spiro atoms. The van der Waals surface area contributed by atoms with Gasteiger partial charge in [0.2, 0.25) is 6.79 Å². The first-order valence-corrected chi connectivity index (χ1v) is 9.06. The molecule has 1 aliphatic rings. The molecule has 2 aromatic rings. The summed E-state index contributed by atoms with van der Waals surface area (Å²) in [6, 6.07) is 8.05. The van der Waals surface area contributed by atoms with Crippen molar-refractivity contribution in [2.45, 2.75) is 12.6 Å². The van der Waals surface area contributed by atoms with Crippen LogP contribution >= 0.6 is 24.0 Å².